The van der Waals surface area contributed by atoms with E-state index in [1.165, 1.54) is 19.2 Å². The molecule has 1 heterocycles. The number of aromatic carboxylic acids is 1. The fourth-order valence-corrected chi connectivity index (χ4v) is 3.11. The third kappa shape index (κ3) is 2.55. The number of thiophene rings is 1. The second-order valence-corrected chi connectivity index (χ2v) is 6.70. The van der Waals surface area contributed by atoms with Gasteiger partial charge in [-0.25, -0.2) is 9.18 Å². The van der Waals surface area contributed by atoms with Gasteiger partial charge in [0.2, 0.25) is 0 Å². The minimum Gasteiger partial charge on any atom is -0.494 e. The number of carbonyl (C=O) groups is 1. The van der Waals surface area contributed by atoms with Crippen LogP contribution >= 0.6 is 11.3 Å². The van der Waals surface area contributed by atoms with Crippen LogP contribution in [0.2, 0.25) is 0 Å². The number of rotatable bonds is 5. The summed E-state index contributed by atoms with van der Waals surface area (Å²) in [6, 6.07) is 2.79. The molecule has 1 aliphatic carbocycles. The molecule has 2 aromatic rings. The molecule has 21 heavy (non-hydrogen) atoms. The predicted molar refractivity (Wildman–Crippen MR) is 78.1 cm³/mol. The first kappa shape index (κ1) is 14.1. The van der Waals surface area contributed by atoms with E-state index >= 15 is 0 Å². The van der Waals surface area contributed by atoms with Gasteiger partial charge in [0.25, 0.3) is 0 Å². The molecule has 0 amide bonds. The molecule has 0 aliphatic heterocycles. The monoisotopic (exact) mass is 310 g/mol. The molecule has 0 radical (unpaired) electrons. The van der Waals surface area contributed by atoms with Gasteiger partial charge >= 0.3 is 5.97 Å². The minimum atomic E-state index is -1.06. The van der Waals surface area contributed by atoms with E-state index in [0.717, 1.165) is 24.2 Å². The maximum atomic E-state index is 13.7. The zero-order valence-electron chi connectivity index (χ0n) is 11.7. The van der Waals surface area contributed by atoms with Crippen molar-refractivity contribution in [2.75, 3.05) is 13.7 Å². The normalized spacial score (nSPS) is 16.0. The fourth-order valence-electron chi connectivity index (χ4n) is 2.12. The number of ether oxygens (including phenoxy) is 2. The zero-order valence-corrected chi connectivity index (χ0v) is 12.6. The average Bonchev–Trinajstić information content (AvgIpc) is 3.06. The summed E-state index contributed by atoms with van der Waals surface area (Å²) in [6.45, 7) is 2.57. The Kier molecular flexibility index (Phi) is 3.28. The molecule has 0 atom stereocenters. The number of methoxy groups -OCH3 is 1. The van der Waals surface area contributed by atoms with Crippen LogP contribution in [0.25, 0.3) is 10.1 Å². The molecular formula is C15H15FO4S. The molecule has 112 valence electrons. The molecule has 0 spiro atoms. The molecule has 1 aromatic heterocycles. The van der Waals surface area contributed by atoms with Gasteiger partial charge in [-0.1, -0.05) is 6.92 Å². The molecule has 3 rings (SSSR count). The van der Waals surface area contributed by atoms with Crippen LogP contribution in [-0.2, 0) is 0 Å². The highest BCUT2D eigenvalue weighted by Gasteiger charge is 2.38. The third-order valence-electron chi connectivity index (χ3n) is 3.78. The van der Waals surface area contributed by atoms with Crippen LogP contribution in [0.1, 0.15) is 29.4 Å². The summed E-state index contributed by atoms with van der Waals surface area (Å²) in [5.74, 6) is -1.18. The van der Waals surface area contributed by atoms with Gasteiger partial charge in [0.1, 0.15) is 0 Å². The molecule has 0 saturated heterocycles. The van der Waals surface area contributed by atoms with Crippen molar-refractivity contribution in [1.29, 1.82) is 0 Å². The summed E-state index contributed by atoms with van der Waals surface area (Å²) in [7, 11) is 1.38. The third-order valence-corrected chi connectivity index (χ3v) is 4.90. The van der Waals surface area contributed by atoms with E-state index in [-0.39, 0.29) is 16.0 Å². The van der Waals surface area contributed by atoms with E-state index in [0.29, 0.717) is 22.4 Å². The van der Waals surface area contributed by atoms with Crippen LogP contribution in [0.15, 0.2) is 12.1 Å². The Hall–Kier alpha value is -1.82. The molecule has 1 aromatic carbocycles. The second-order valence-electron chi connectivity index (χ2n) is 5.65. The van der Waals surface area contributed by atoms with Crippen LogP contribution < -0.4 is 9.47 Å². The number of halogens is 1. The van der Waals surface area contributed by atoms with Gasteiger partial charge in [0, 0.05) is 15.5 Å². The summed E-state index contributed by atoms with van der Waals surface area (Å²) >= 11 is 1.02. The first-order valence-electron chi connectivity index (χ1n) is 6.60. The number of hydrogen-bond acceptors (Lipinski definition) is 4. The first-order valence-corrected chi connectivity index (χ1v) is 7.41. The molecule has 1 aliphatic rings. The molecule has 0 unspecified atom stereocenters. The Bertz CT molecular complexity index is 718. The SMILES string of the molecule is COc1cc2c(OCC3(C)CC3)c(C(=O)O)sc2cc1F. The summed E-state index contributed by atoms with van der Waals surface area (Å²) in [5, 5.41) is 9.90. The fraction of sp³-hybridized carbons (Fsp3) is 0.400. The van der Waals surface area contributed by atoms with Crippen molar-refractivity contribution >= 4 is 27.4 Å². The summed E-state index contributed by atoms with van der Waals surface area (Å²) in [6.07, 6.45) is 2.16. The van der Waals surface area contributed by atoms with Crippen molar-refractivity contribution in [2.45, 2.75) is 19.8 Å². The Labute approximate surface area is 125 Å². The molecule has 6 heteroatoms. The Morgan fingerprint density at radius 2 is 2.19 bits per heavy atom. The highest BCUT2D eigenvalue weighted by Crippen LogP contribution is 2.47. The van der Waals surface area contributed by atoms with E-state index in [1.807, 2.05) is 0 Å². The van der Waals surface area contributed by atoms with Gasteiger partial charge in [-0.3, -0.25) is 0 Å². The van der Waals surface area contributed by atoms with Gasteiger partial charge in [-0.2, -0.15) is 0 Å². The number of hydrogen-bond donors (Lipinski definition) is 1. The van der Waals surface area contributed by atoms with Crippen molar-refractivity contribution in [3.05, 3.63) is 22.8 Å². The van der Waals surface area contributed by atoms with E-state index in [2.05, 4.69) is 6.92 Å². The largest absolute Gasteiger partial charge is 0.494 e. The molecule has 0 bridgehead atoms. The van der Waals surface area contributed by atoms with Crippen molar-refractivity contribution in [2.24, 2.45) is 5.41 Å². The van der Waals surface area contributed by atoms with Crippen molar-refractivity contribution in [3.63, 3.8) is 0 Å². The Balaban J connectivity index is 2.08. The molecule has 1 saturated carbocycles. The van der Waals surface area contributed by atoms with Gasteiger partial charge in [-0.05, 0) is 25.0 Å². The van der Waals surface area contributed by atoms with Crippen LogP contribution in [0, 0.1) is 11.2 Å². The smallest absolute Gasteiger partial charge is 0.349 e. The van der Waals surface area contributed by atoms with Crippen molar-refractivity contribution < 1.29 is 23.8 Å². The van der Waals surface area contributed by atoms with Gasteiger partial charge in [0.15, 0.2) is 22.2 Å². The van der Waals surface area contributed by atoms with Crippen LogP contribution in [0.4, 0.5) is 4.39 Å². The topological polar surface area (TPSA) is 55.8 Å². The minimum absolute atomic E-state index is 0.0831. The van der Waals surface area contributed by atoms with Crippen LogP contribution in [-0.4, -0.2) is 24.8 Å². The quantitative estimate of drug-likeness (QED) is 0.909. The van der Waals surface area contributed by atoms with E-state index in [1.54, 1.807) is 0 Å². The van der Waals surface area contributed by atoms with E-state index in [9.17, 15) is 14.3 Å². The van der Waals surface area contributed by atoms with Gasteiger partial charge < -0.3 is 14.6 Å². The summed E-state index contributed by atoms with van der Waals surface area (Å²) in [5.41, 5.74) is 0.133. The Morgan fingerprint density at radius 1 is 1.48 bits per heavy atom. The lowest BCUT2D eigenvalue weighted by molar-refractivity contribution is 0.0697. The number of carboxylic acids is 1. The molecule has 1 fully saturated rings. The maximum Gasteiger partial charge on any atom is 0.349 e. The highest BCUT2D eigenvalue weighted by molar-refractivity contribution is 7.21. The Morgan fingerprint density at radius 3 is 2.76 bits per heavy atom. The maximum absolute atomic E-state index is 13.7. The van der Waals surface area contributed by atoms with E-state index < -0.39 is 11.8 Å². The van der Waals surface area contributed by atoms with E-state index in [4.69, 9.17) is 9.47 Å². The summed E-state index contributed by atoms with van der Waals surface area (Å²) in [4.78, 5) is 11.5. The van der Waals surface area contributed by atoms with Crippen LogP contribution in [0.3, 0.4) is 0 Å². The first-order chi connectivity index (χ1) is 9.93. The number of carboxylic acid groups (broad SMARTS) is 1. The number of benzene rings is 1. The zero-order chi connectivity index (χ0) is 15.2. The highest BCUT2D eigenvalue weighted by atomic mass is 32.1. The molecular weight excluding hydrogens is 295 g/mol. The van der Waals surface area contributed by atoms with Crippen molar-refractivity contribution in [1.82, 2.24) is 0 Å². The predicted octanol–water partition coefficient (Wildman–Crippen LogP) is 3.93. The standard InChI is InChI=1S/C15H15FO4S/c1-15(3-4-15)7-20-12-8-5-10(19-2)9(16)6-11(8)21-13(12)14(17)18/h5-6H,3-4,7H2,1-2H3,(H,17,18). The van der Waals surface area contributed by atoms with Gasteiger partial charge in [0.05, 0.1) is 13.7 Å². The lowest BCUT2D eigenvalue weighted by Crippen LogP contribution is -2.10. The van der Waals surface area contributed by atoms with Crippen molar-refractivity contribution in [3.8, 4) is 11.5 Å². The lowest BCUT2D eigenvalue weighted by Gasteiger charge is -2.11. The molecule has 4 nitrogen and oxygen atoms in total. The van der Waals surface area contributed by atoms with Gasteiger partial charge in [-0.15, -0.1) is 11.3 Å². The van der Waals surface area contributed by atoms with Crippen LogP contribution in [0.5, 0.6) is 11.5 Å². The molecule has 1 N–H and O–H groups in total. The number of fused-ring (bicyclic) bond motifs is 1. The second kappa shape index (κ2) is 4.87. The average molecular weight is 310 g/mol. The lowest BCUT2D eigenvalue weighted by atomic mass is 10.1. The summed E-state index contributed by atoms with van der Waals surface area (Å²) < 4.78 is 25.0.